The molecule has 0 saturated carbocycles. The molecule has 0 aromatic heterocycles. The molecule has 11 heteroatoms. The SMILES string of the molecule is COCCNCC(=O)N1CCN(S(=O)(=O)N2CCOCC2)CC1.Cl. The van der Waals surface area contributed by atoms with Gasteiger partial charge in [0.1, 0.15) is 0 Å². The highest BCUT2D eigenvalue weighted by Crippen LogP contribution is 2.13. The normalized spacial score (nSPS) is 20.6. The molecule has 2 fully saturated rings. The standard InChI is InChI=1S/C13H26N4O5S.ClH/c1-21-9-2-14-12-13(18)15-3-5-16(6-4-15)23(19,20)17-7-10-22-11-8-17;/h14H,2-12H2,1H3;1H. The van der Waals surface area contributed by atoms with E-state index in [-0.39, 0.29) is 24.9 Å². The highest BCUT2D eigenvalue weighted by molar-refractivity contribution is 7.86. The summed E-state index contributed by atoms with van der Waals surface area (Å²) in [6.45, 7) is 4.60. The molecule has 142 valence electrons. The molecule has 2 rings (SSSR count). The molecule has 0 unspecified atom stereocenters. The van der Waals surface area contributed by atoms with Gasteiger partial charge in [-0.15, -0.1) is 12.4 Å². The molecule has 2 aliphatic rings. The second-order valence-electron chi connectivity index (χ2n) is 5.47. The molecule has 0 radical (unpaired) electrons. The van der Waals surface area contributed by atoms with Gasteiger partial charge in [0.2, 0.25) is 5.91 Å². The molecule has 0 spiro atoms. The van der Waals surface area contributed by atoms with Gasteiger partial charge in [-0.05, 0) is 0 Å². The van der Waals surface area contributed by atoms with Crippen LogP contribution in [0.4, 0.5) is 0 Å². The topological polar surface area (TPSA) is 91.4 Å². The lowest BCUT2D eigenvalue weighted by atomic mass is 10.3. The van der Waals surface area contributed by atoms with E-state index in [4.69, 9.17) is 9.47 Å². The Kier molecular flexibility index (Phi) is 9.42. The number of nitrogens with one attached hydrogen (secondary N) is 1. The summed E-state index contributed by atoms with van der Waals surface area (Å²) in [6, 6.07) is 0. The van der Waals surface area contributed by atoms with Crippen LogP contribution in [0.5, 0.6) is 0 Å². The third kappa shape index (κ3) is 5.80. The lowest BCUT2D eigenvalue weighted by Crippen LogP contribution is -2.56. The predicted octanol–water partition coefficient (Wildman–Crippen LogP) is -1.63. The summed E-state index contributed by atoms with van der Waals surface area (Å²) in [5.41, 5.74) is 0. The van der Waals surface area contributed by atoms with E-state index in [2.05, 4.69) is 5.32 Å². The molecule has 1 N–H and O–H groups in total. The number of carbonyl (C=O) groups excluding carboxylic acids is 1. The lowest BCUT2D eigenvalue weighted by molar-refractivity contribution is -0.131. The summed E-state index contributed by atoms with van der Waals surface area (Å²) in [5.74, 6) is -0.00970. The maximum Gasteiger partial charge on any atom is 0.282 e. The first-order chi connectivity index (χ1) is 11.1. The highest BCUT2D eigenvalue weighted by Gasteiger charge is 2.33. The van der Waals surface area contributed by atoms with Crippen molar-refractivity contribution in [1.82, 2.24) is 18.8 Å². The Labute approximate surface area is 149 Å². The minimum Gasteiger partial charge on any atom is -0.383 e. The van der Waals surface area contributed by atoms with Crippen molar-refractivity contribution in [2.45, 2.75) is 0 Å². The van der Waals surface area contributed by atoms with E-state index in [1.165, 1.54) is 8.61 Å². The molecule has 0 aliphatic carbocycles. The summed E-state index contributed by atoms with van der Waals surface area (Å²) in [6.07, 6.45) is 0. The fourth-order valence-electron chi connectivity index (χ4n) is 2.59. The first-order valence-corrected chi connectivity index (χ1v) is 9.26. The predicted molar refractivity (Wildman–Crippen MR) is 91.5 cm³/mol. The number of hydrogen-bond acceptors (Lipinski definition) is 6. The van der Waals surface area contributed by atoms with Gasteiger partial charge in [-0.2, -0.15) is 17.0 Å². The third-order valence-electron chi connectivity index (χ3n) is 3.97. The zero-order chi connectivity index (χ0) is 16.7. The zero-order valence-corrected chi connectivity index (χ0v) is 15.6. The number of morpholine rings is 1. The first kappa shape index (κ1) is 21.6. The molecule has 1 amide bonds. The second kappa shape index (κ2) is 10.5. The van der Waals surface area contributed by atoms with E-state index in [1.807, 2.05) is 0 Å². The second-order valence-corrected chi connectivity index (χ2v) is 7.40. The van der Waals surface area contributed by atoms with Crippen molar-refractivity contribution in [3.05, 3.63) is 0 Å². The van der Waals surface area contributed by atoms with Crippen LogP contribution in [0, 0.1) is 0 Å². The van der Waals surface area contributed by atoms with Crippen LogP contribution < -0.4 is 5.32 Å². The highest BCUT2D eigenvalue weighted by atomic mass is 35.5. The largest absolute Gasteiger partial charge is 0.383 e. The zero-order valence-electron chi connectivity index (χ0n) is 14.0. The Bertz CT molecular complexity index is 479. The number of carbonyl (C=O) groups is 1. The number of methoxy groups -OCH3 is 1. The molecular formula is C13H27ClN4O5S. The summed E-state index contributed by atoms with van der Waals surface area (Å²) in [7, 11) is -1.83. The summed E-state index contributed by atoms with van der Waals surface area (Å²) >= 11 is 0. The summed E-state index contributed by atoms with van der Waals surface area (Å²) in [5, 5.41) is 3.01. The number of rotatable bonds is 7. The molecular weight excluding hydrogens is 360 g/mol. The molecule has 0 atom stereocenters. The van der Waals surface area contributed by atoms with Gasteiger partial charge in [-0.1, -0.05) is 0 Å². The van der Waals surface area contributed by atoms with Gasteiger partial charge in [0.25, 0.3) is 10.2 Å². The van der Waals surface area contributed by atoms with Gasteiger partial charge in [-0.25, -0.2) is 0 Å². The van der Waals surface area contributed by atoms with Crippen molar-refractivity contribution < 1.29 is 22.7 Å². The monoisotopic (exact) mass is 386 g/mol. The van der Waals surface area contributed by atoms with Crippen LogP contribution in [0.2, 0.25) is 0 Å². The maximum atomic E-state index is 12.5. The van der Waals surface area contributed by atoms with Gasteiger partial charge in [0.05, 0.1) is 26.4 Å². The summed E-state index contributed by atoms with van der Waals surface area (Å²) < 4.78 is 38.1. The van der Waals surface area contributed by atoms with E-state index in [0.29, 0.717) is 65.6 Å². The lowest BCUT2D eigenvalue weighted by Gasteiger charge is -2.37. The van der Waals surface area contributed by atoms with Crippen LogP contribution in [-0.4, -0.2) is 107 Å². The van der Waals surface area contributed by atoms with Gasteiger partial charge < -0.3 is 19.7 Å². The minimum absolute atomic E-state index is 0. The molecule has 0 bridgehead atoms. The maximum absolute atomic E-state index is 12.5. The Morgan fingerprint density at radius 1 is 1.08 bits per heavy atom. The fraction of sp³-hybridized carbons (Fsp3) is 0.923. The van der Waals surface area contributed by atoms with Crippen molar-refractivity contribution in [2.24, 2.45) is 0 Å². The Morgan fingerprint density at radius 2 is 1.67 bits per heavy atom. The number of piperazine rings is 1. The van der Waals surface area contributed by atoms with Gasteiger partial charge in [0.15, 0.2) is 0 Å². The number of nitrogens with zero attached hydrogens (tertiary/aromatic N) is 3. The van der Waals surface area contributed by atoms with E-state index in [1.54, 1.807) is 12.0 Å². The smallest absolute Gasteiger partial charge is 0.282 e. The molecule has 2 saturated heterocycles. The number of hydrogen-bond donors (Lipinski definition) is 1. The van der Waals surface area contributed by atoms with Crippen LogP contribution in [0.3, 0.4) is 0 Å². The molecule has 9 nitrogen and oxygen atoms in total. The molecule has 0 aromatic carbocycles. The van der Waals surface area contributed by atoms with Crippen LogP contribution in [0.25, 0.3) is 0 Å². The van der Waals surface area contributed by atoms with Gasteiger partial charge in [0, 0.05) is 52.9 Å². The van der Waals surface area contributed by atoms with Crippen molar-refractivity contribution >= 4 is 28.5 Å². The minimum atomic E-state index is -3.44. The summed E-state index contributed by atoms with van der Waals surface area (Å²) in [4.78, 5) is 13.7. The fourth-order valence-corrected chi connectivity index (χ4v) is 4.15. The Hall–Kier alpha value is -0.490. The van der Waals surface area contributed by atoms with Crippen molar-refractivity contribution in [3.8, 4) is 0 Å². The van der Waals surface area contributed by atoms with Crippen molar-refractivity contribution in [1.29, 1.82) is 0 Å². The quantitative estimate of drug-likeness (QED) is 0.528. The van der Waals surface area contributed by atoms with E-state index in [0.717, 1.165) is 0 Å². The van der Waals surface area contributed by atoms with Crippen LogP contribution >= 0.6 is 12.4 Å². The molecule has 2 aliphatic heterocycles. The third-order valence-corrected chi connectivity index (χ3v) is 6.01. The van der Waals surface area contributed by atoms with Crippen LogP contribution in [0.15, 0.2) is 0 Å². The van der Waals surface area contributed by atoms with E-state index >= 15 is 0 Å². The number of ether oxygens (including phenoxy) is 2. The van der Waals surface area contributed by atoms with Gasteiger partial charge in [-0.3, -0.25) is 4.79 Å². The average Bonchev–Trinajstić information content (AvgIpc) is 2.59. The van der Waals surface area contributed by atoms with Crippen molar-refractivity contribution in [2.75, 3.05) is 79.3 Å². The van der Waals surface area contributed by atoms with E-state index < -0.39 is 10.2 Å². The van der Waals surface area contributed by atoms with Crippen LogP contribution in [0.1, 0.15) is 0 Å². The number of halogens is 1. The number of amides is 1. The molecule has 24 heavy (non-hydrogen) atoms. The van der Waals surface area contributed by atoms with E-state index in [9.17, 15) is 13.2 Å². The first-order valence-electron chi connectivity index (χ1n) is 7.86. The molecule has 0 aromatic rings. The van der Waals surface area contributed by atoms with Crippen molar-refractivity contribution in [3.63, 3.8) is 0 Å². The molecule has 2 heterocycles. The Balaban J connectivity index is 0.00000288. The average molecular weight is 387 g/mol. The Morgan fingerprint density at radius 3 is 2.25 bits per heavy atom. The van der Waals surface area contributed by atoms with Crippen LogP contribution in [-0.2, 0) is 24.5 Å². The van der Waals surface area contributed by atoms with Gasteiger partial charge >= 0.3 is 0 Å².